The molecule has 1 heterocycles. The molecule has 0 aliphatic heterocycles. The minimum Gasteiger partial charge on any atom is -0.495 e. The number of nitrogens with zero attached hydrogens (tertiary/aromatic N) is 1. The standard InChI is InChI=1S/C16H21N3O4S2.C7H15NO2/c1-9(2)7-14(20)19-16-18-10(3)15(24-16)11-5-6-12(23-4)13(8-11)25(17,21)22;1-2-3-4-5-6-7(9)8-10/h5-6,8-9H,7H2,1-4H3,(H2,17,21,22)(H,18,19,20);10H,2-6H2,1H3,(H,8,9). The molecule has 0 atom stereocenters. The van der Waals surface area contributed by atoms with Crippen molar-refractivity contribution in [3.63, 3.8) is 0 Å². The second-order valence-corrected chi connectivity index (χ2v) is 10.9. The highest BCUT2D eigenvalue weighted by Gasteiger charge is 2.19. The fraction of sp³-hybridized carbons (Fsp3) is 0.522. The van der Waals surface area contributed by atoms with Crippen molar-refractivity contribution in [3.05, 3.63) is 23.9 Å². The number of amides is 2. The van der Waals surface area contributed by atoms with Crippen LogP contribution < -0.4 is 20.7 Å². The number of rotatable bonds is 11. The lowest BCUT2D eigenvalue weighted by atomic mass is 10.1. The fourth-order valence-corrected chi connectivity index (χ4v) is 4.77. The van der Waals surface area contributed by atoms with Gasteiger partial charge in [-0.2, -0.15) is 0 Å². The van der Waals surface area contributed by atoms with Gasteiger partial charge in [-0.3, -0.25) is 14.8 Å². The number of carbonyl (C=O) groups is 2. The SMILES string of the molecule is CCCCCCC(=O)NO.COc1ccc(-c2sc(NC(=O)CC(C)C)nc2C)cc1S(N)(=O)=O. The Balaban J connectivity index is 0.000000518. The minimum absolute atomic E-state index is 0.0920. The zero-order chi connectivity index (χ0) is 26.6. The highest BCUT2D eigenvalue weighted by molar-refractivity contribution is 7.89. The van der Waals surface area contributed by atoms with Crippen LogP contribution in [0.2, 0.25) is 0 Å². The molecule has 0 saturated heterocycles. The Morgan fingerprint density at radius 3 is 2.43 bits per heavy atom. The molecule has 2 amide bonds. The highest BCUT2D eigenvalue weighted by atomic mass is 32.2. The first-order valence-electron chi connectivity index (χ1n) is 11.3. The van der Waals surface area contributed by atoms with Gasteiger partial charge < -0.3 is 10.1 Å². The maximum Gasteiger partial charge on any atom is 0.243 e. The van der Waals surface area contributed by atoms with Crippen LogP contribution >= 0.6 is 11.3 Å². The lowest BCUT2D eigenvalue weighted by Crippen LogP contribution is -2.17. The third-order valence-corrected chi connectivity index (χ3v) is 6.81. The van der Waals surface area contributed by atoms with E-state index in [9.17, 15) is 18.0 Å². The molecule has 5 N–H and O–H groups in total. The first-order valence-corrected chi connectivity index (χ1v) is 13.7. The number of benzene rings is 1. The van der Waals surface area contributed by atoms with Gasteiger partial charge >= 0.3 is 0 Å². The normalized spacial score (nSPS) is 11.0. The van der Waals surface area contributed by atoms with E-state index in [1.165, 1.54) is 37.4 Å². The summed E-state index contributed by atoms with van der Waals surface area (Å²) < 4.78 is 28.6. The van der Waals surface area contributed by atoms with E-state index in [0.29, 0.717) is 29.2 Å². The number of aromatic nitrogens is 1. The number of thiazole rings is 1. The van der Waals surface area contributed by atoms with Gasteiger partial charge in [0.05, 0.1) is 17.7 Å². The average molecular weight is 529 g/mol. The second kappa shape index (κ2) is 14.8. The van der Waals surface area contributed by atoms with E-state index in [4.69, 9.17) is 15.1 Å². The van der Waals surface area contributed by atoms with E-state index in [2.05, 4.69) is 17.2 Å². The molecule has 1 aromatic heterocycles. The average Bonchev–Trinajstić information content (AvgIpc) is 3.14. The third-order valence-electron chi connectivity index (χ3n) is 4.75. The number of nitrogens with two attached hydrogens (primary N) is 1. The summed E-state index contributed by atoms with van der Waals surface area (Å²) in [5.41, 5.74) is 2.94. The van der Waals surface area contributed by atoms with Crippen LogP contribution in [0, 0.1) is 12.8 Å². The number of primary sulfonamides is 1. The van der Waals surface area contributed by atoms with Gasteiger partial charge in [-0.05, 0) is 43.0 Å². The lowest BCUT2D eigenvalue weighted by Gasteiger charge is -2.08. The van der Waals surface area contributed by atoms with Crippen molar-refractivity contribution in [2.75, 3.05) is 12.4 Å². The molecule has 196 valence electrons. The minimum atomic E-state index is -3.93. The number of methoxy groups -OCH3 is 1. The summed E-state index contributed by atoms with van der Waals surface area (Å²) in [5.74, 6) is 0.0460. The van der Waals surface area contributed by atoms with Crippen molar-refractivity contribution >= 4 is 38.3 Å². The molecule has 0 radical (unpaired) electrons. The number of unbranched alkanes of at least 4 members (excludes halogenated alkanes) is 3. The Morgan fingerprint density at radius 1 is 1.20 bits per heavy atom. The first-order chi connectivity index (χ1) is 16.4. The van der Waals surface area contributed by atoms with Crippen molar-refractivity contribution in [1.82, 2.24) is 10.5 Å². The predicted molar refractivity (Wildman–Crippen MR) is 137 cm³/mol. The Kier molecular flexibility index (Phi) is 12.9. The smallest absolute Gasteiger partial charge is 0.243 e. The van der Waals surface area contributed by atoms with Crippen molar-refractivity contribution < 1.29 is 28.0 Å². The van der Waals surface area contributed by atoms with Crippen LogP contribution in [0.5, 0.6) is 5.75 Å². The summed E-state index contributed by atoms with van der Waals surface area (Å²) in [5, 5.41) is 16.6. The molecule has 2 rings (SSSR count). The number of sulfonamides is 1. The van der Waals surface area contributed by atoms with Crippen LogP contribution in [0.4, 0.5) is 5.13 Å². The van der Waals surface area contributed by atoms with Crippen LogP contribution in [0.25, 0.3) is 10.4 Å². The molecule has 35 heavy (non-hydrogen) atoms. The van der Waals surface area contributed by atoms with Gasteiger partial charge in [0.15, 0.2) is 5.13 Å². The highest BCUT2D eigenvalue weighted by Crippen LogP contribution is 2.36. The fourth-order valence-electron chi connectivity index (χ4n) is 3.07. The zero-order valence-electron chi connectivity index (χ0n) is 20.9. The van der Waals surface area contributed by atoms with Gasteiger partial charge in [0.25, 0.3) is 0 Å². The third kappa shape index (κ3) is 10.7. The van der Waals surface area contributed by atoms with Crippen LogP contribution in [-0.2, 0) is 19.6 Å². The number of hydroxylamine groups is 1. The van der Waals surface area contributed by atoms with E-state index in [-0.39, 0.29) is 28.4 Å². The summed E-state index contributed by atoms with van der Waals surface area (Å²) in [6.07, 6.45) is 5.13. The molecule has 1 aromatic carbocycles. The number of hydrogen-bond acceptors (Lipinski definition) is 8. The van der Waals surface area contributed by atoms with Crippen molar-refractivity contribution in [3.8, 4) is 16.2 Å². The molecule has 0 aliphatic carbocycles. The number of ether oxygens (including phenoxy) is 1. The van der Waals surface area contributed by atoms with E-state index in [1.807, 2.05) is 13.8 Å². The molecule has 2 aromatic rings. The Hall–Kier alpha value is -2.54. The van der Waals surface area contributed by atoms with Gasteiger partial charge in [0.1, 0.15) is 10.6 Å². The number of hydrogen-bond donors (Lipinski definition) is 4. The molecule has 12 heteroatoms. The summed E-state index contributed by atoms with van der Waals surface area (Å²) in [7, 11) is -2.55. The van der Waals surface area contributed by atoms with Gasteiger partial charge in [-0.15, -0.1) is 0 Å². The summed E-state index contributed by atoms with van der Waals surface area (Å²) >= 11 is 1.28. The zero-order valence-corrected chi connectivity index (χ0v) is 22.5. The van der Waals surface area contributed by atoms with Crippen molar-refractivity contribution in [2.24, 2.45) is 11.1 Å². The summed E-state index contributed by atoms with van der Waals surface area (Å²) in [6.45, 7) is 7.84. The number of carbonyl (C=O) groups excluding carboxylic acids is 2. The summed E-state index contributed by atoms with van der Waals surface area (Å²) in [4.78, 5) is 27.3. The van der Waals surface area contributed by atoms with Gasteiger partial charge in [-0.1, -0.05) is 51.4 Å². The van der Waals surface area contributed by atoms with E-state index in [0.717, 1.165) is 17.7 Å². The van der Waals surface area contributed by atoms with Crippen LogP contribution in [0.1, 0.15) is 65.0 Å². The molecule has 0 unspecified atom stereocenters. The Morgan fingerprint density at radius 2 is 1.89 bits per heavy atom. The maximum atomic E-state index is 11.9. The molecule has 0 spiro atoms. The topological polar surface area (TPSA) is 161 Å². The van der Waals surface area contributed by atoms with Crippen LogP contribution in [0.3, 0.4) is 0 Å². The summed E-state index contributed by atoms with van der Waals surface area (Å²) in [6, 6.07) is 4.73. The van der Waals surface area contributed by atoms with Crippen molar-refractivity contribution in [1.29, 1.82) is 0 Å². The maximum absolute atomic E-state index is 11.9. The number of anilines is 1. The van der Waals surface area contributed by atoms with E-state index < -0.39 is 10.0 Å². The molecule has 0 fully saturated rings. The number of aryl methyl sites for hydroxylation is 1. The predicted octanol–water partition coefficient (Wildman–Crippen LogP) is 4.22. The van der Waals surface area contributed by atoms with Gasteiger partial charge in [0, 0.05) is 12.8 Å². The van der Waals surface area contributed by atoms with Crippen molar-refractivity contribution in [2.45, 2.75) is 71.1 Å². The van der Waals surface area contributed by atoms with Crippen LogP contribution in [-0.4, -0.2) is 37.5 Å². The Labute approximate surface area is 211 Å². The van der Waals surface area contributed by atoms with E-state index >= 15 is 0 Å². The molecule has 0 bridgehead atoms. The van der Waals surface area contributed by atoms with Gasteiger partial charge in [-0.25, -0.2) is 24.0 Å². The quantitative estimate of drug-likeness (QED) is 0.193. The number of nitrogens with one attached hydrogen (secondary N) is 2. The molecular formula is C23H36N4O6S2. The Bertz CT molecular complexity index is 1080. The largest absolute Gasteiger partial charge is 0.495 e. The molecule has 10 nitrogen and oxygen atoms in total. The lowest BCUT2D eigenvalue weighted by molar-refractivity contribution is -0.129. The van der Waals surface area contributed by atoms with Crippen LogP contribution in [0.15, 0.2) is 23.1 Å². The van der Waals surface area contributed by atoms with Gasteiger partial charge in [0.2, 0.25) is 21.8 Å². The molecule has 0 saturated carbocycles. The second-order valence-electron chi connectivity index (χ2n) is 8.34. The molecular weight excluding hydrogens is 492 g/mol. The van der Waals surface area contributed by atoms with E-state index in [1.54, 1.807) is 24.5 Å². The molecule has 0 aliphatic rings. The first kappa shape index (κ1) is 30.5. The monoisotopic (exact) mass is 528 g/mol.